The number of nitrogens with zero attached hydrogens (tertiary/aromatic N) is 2. The molecule has 0 radical (unpaired) electrons. The first-order chi connectivity index (χ1) is 10.6. The molecule has 0 atom stereocenters. The van der Waals surface area contributed by atoms with E-state index in [4.69, 9.17) is 0 Å². The molecule has 3 rings (SSSR count). The lowest BCUT2D eigenvalue weighted by Crippen LogP contribution is -2.46. The maximum atomic E-state index is 12.2. The van der Waals surface area contributed by atoms with Crippen molar-refractivity contribution in [2.75, 3.05) is 13.1 Å². The van der Waals surface area contributed by atoms with Gasteiger partial charge in [0.25, 0.3) is 5.56 Å². The largest absolute Gasteiger partial charge is 0.388 e. The molecule has 0 unspecified atom stereocenters. The van der Waals surface area contributed by atoms with E-state index in [0.717, 1.165) is 24.3 Å². The van der Waals surface area contributed by atoms with Gasteiger partial charge >= 0.3 is 0 Å². The van der Waals surface area contributed by atoms with Gasteiger partial charge in [0, 0.05) is 12.5 Å². The number of benzene rings is 1. The summed E-state index contributed by atoms with van der Waals surface area (Å²) in [5.41, 5.74) is 0.972. The molecule has 116 valence electrons. The molecule has 1 fully saturated rings. The average Bonchev–Trinajstić information content (AvgIpc) is 2.52. The van der Waals surface area contributed by atoms with Crippen molar-refractivity contribution in [3.63, 3.8) is 0 Å². The summed E-state index contributed by atoms with van der Waals surface area (Å²) in [6.07, 6.45) is 3.52. The highest BCUT2D eigenvalue weighted by atomic mass is 16.3. The third-order valence-electron chi connectivity index (χ3n) is 4.16. The Morgan fingerprint density at radius 3 is 2.64 bits per heavy atom. The summed E-state index contributed by atoms with van der Waals surface area (Å²) >= 11 is 0. The van der Waals surface area contributed by atoms with Crippen LogP contribution >= 0.6 is 0 Å². The molecule has 2 aromatic rings. The van der Waals surface area contributed by atoms with Crippen LogP contribution in [0.15, 0.2) is 47.5 Å². The third kappa shape index (κ3) is 3.61. The van der Waals surface area contributed by atoms with Crippen molar-refractivity contribution in [3.8, 4) is 0 Å². The van der Waals surface area contributed by atoms with Gasteiger partial charge in [-0.3, -0.25) is 9.36 Å². The van der Waals surface area contributed by atoms with Crippen molar-refractivity contribution in [2.45, 2.75) is 31.4 Å². The fourth-order valence-corrected chi connectivity index (χ4v) is 2.85. The zero-order valence-corrected chi connectivity index (χ0v) is 12.5. The molecule has 1 aromatic heterocycles. The smallest absolute Gasteiger partial charge is 0.253 e. The van der Waals surface area contributed by atoms with Crippen LogP contribution in [0.5, 0.6) is 0 Å². The van der Waals surface area contributed by atoms with E-state index in [9.17, 15) is 9.90 Å². The number of rotatable bonds is 4. The molecule has 5 heteroatoms. The average molecular weight is 299 g/mol. The molecule has 5 nitrogen and oxygen atoms in total. The highest BCUT2D eigenvalue weighted by Gasteiger charge is 2.29. The summed E-state index contributed by atoms with van der Waals surface area (Å²) in [7, 11) is 0. The number of piperidine rings is 1. The number of hydrogen-bond donors (Lipinski definition) is 2. The number of hydrogen-bond acceptors (Lipinski definition) is 4. The second-order valence-electron chi connectivity index (χ2n) is 5.98. The molecule has 1 saturated heterocycles. The van der Waals surface area contributed by atoms with E-state index < -0.39 is 5.60 Å². The van der Waals surface area contributed by atoms with Crippen LogP contribution in [-0.2, 0) is 13.0 Å². The zero-order chi connectivity index (χ0) is 15.4. The lowest BCUT2D eigenvalue weighted by molar-refractivity contribution is -0.00644. The fraction of sp³-hybridized carbons (Fsp3) is 0.412. The fourth-order valence-electron chi connectivity index (χ4n) is 2.85. The van der Waals surface area contributed by atoms with Crippen LogP contribution in [0, 0.1) is 0 Å². The van der Waals surface area contributed by atoms with Gasteiger partial charge < -0.3 is 10.4 Å². The van der Waals surface area contributed by atoms with Gasteiger partial charge in [-0.15, -0.1) is 0 Å². The molecule has 1 aliphatic rings. The highest BCUT2D eigenvalue weighted by Crippen LogP contribution is 2.19. The Bertz CT molecular complexity index is 676. The van der Waals surface area contributed by atoms with E-state index in [0.29, 0.717) is 25.8 Å². The first-order valence-corrected chi connectivity index (χ1v) is 7.67. The van der Waals surface area contributed by atoms with Gasteiger partial charge in [0.05, 0.1) is 24.2 Å². The van der Waals surface area contributed by atoms with Crippen LogP contribution in [0.4, 0.5) is 0 Å². The third-order valence-corrected chi connectivity index (χ3v) is 4.16. The minimum absolute atomic E-state index is 0.104. The van der Waals surface area contributed by atoms with Crippen molar-refractivity contribution in [1.82, 2.24) is 14.9 Å². The molecule has 0 bridgehead atoms. The molecule has 1 aromatic carbocycles. The van der Waals surface area contributed by atoms with Crippen LogP contribution in [-0.4, -0.2) is 33.3 Å². The molecule has 2 heterocycles. The topological polar surface area (TPSA) is 67.2 Å². The summed E-state index contributed by atoms with van der Waals surface area (Å²) in [5.74, 6) is 0. The Kier molecular flexibility index (Phi) is 4.36. The van der Waals surface area contributed by atoms with E-state index >= 15 is 0 Å². The Labute approximate surface area is 129 Å². The monoisotopic (exact) mass is 299 g/mol. The Balaban J connectivity index is 1.73. The minimum Gasteiger partial charge on any atom is -0.388 e. The van der Waals surface area contributed by atoms with Gasteiger partial charge in [0.1, 0.15) is 0 Å². The summed E-state index contributed by atoms with van der Waals surface area (Å²) in [6.45, 7) is 1.88. The SMILES string of the molecule is O=c1cc(Cc2ccccc2)ncn1CC1(O)CCNCC1. The molecule has 0 spiro atoms. The van der Waals surface area contributed by atoms with E-state index in [1.807, 2.05) is 30.3 Å². The van der Waals surface area contributed by atoms with Gasteiger partial charge in [0.15, 0.2) is 0 Å². The summed E-state index contributed by atoms with van der Waals surface area (Å²) in [5, 5.41) is 13.7. The maximum Gasteiger partial charge on any atom is 0.253 e. The van der Waals surface area contributed by atoms with Crippen molar-refractivity contribution >= 4 is 0 Å². The Morgan fingerprint density at radius 2 is 1.95 bits per heavy atom. The summed E-state index contributed by atoms with van der Waals surface area (Å²) < 4.78 is 1.51. The lowest BCUT2D eigenvalue weighted by Gasteiger charge is -2.32. The molecule has 22 heavy (non-hydrogen) atoms. The Morgan fingerprint density at radius 1 is 1.23 bits per heavy atom. The predicted molar refractivity (Wildman–Crippen MR) is 84.8 cm³/mol. The molecule has 0 amide bonds. The molecular weight excluding hydrogens is 278 g/mol. The van der Waals surface area contributed by atoms with Crippen LogP contribution in [0.2, 0.25) is 0 Å². The van der Waals surface area contributed by atoms with Crippen LogP contribution in [0.25, 0.3) is 0 Å². The van der Waals surface area contributed by atoms with E-state index in [1.54, 1.807) is 12.4 Å². The van der Waals surface area contributed by atoms with Crippen LogP contribution in [0.3, 0.4) is 0 Å². The summed E-state index contributed by atoms with van der Waals surface area (Å²) in [6, 6.07) is 11.5. The number of nitrogens with one attached hydrogen (secondary N) is 1. The lowest BCUT2D eigenvalue weighted by atomic mass is 9.92. The zero-order valence-electron chi connectivity index (χ0n) is 12.5. The maximum absolute atomic E-state index is 12.2. The van der Waals surface area contributed by atoms with Crippen molar-refractivity contribution in [2.24, 2.45) is 0 Å². The van der Waals surface area contributed by atoms with Crippen LogP contribution in [0.1, 0.15) is 24.1 Å². The second-order valence-corrected chi connectivity index (χ2v) is 5.98. The molecular formula is C17H21N3O2. The van der Waals surface area contributed by atoms with Gasteiger partial charge in [-0.1, -0.05) is 30.3 Å². The summed E-state index contributed by atoms with van der Waals surface area (Å²) in [4.78, 5) is 16.6. The molecule has 2 N–H and O–H groups in total. The van der Waals surface area contributed by atoms with Gasteiger partial charge in [0.2, 0.25) is 0 Å². The van der Waals surface area contributed by atoms with Gasteiger partial charge in [-0.05, 0) is 31.5 Å². The highest BCUT2D eigenvalue weighted by molar-refractivity contribution is 5.20. The second kappa shape index (κ2) is 6.42. The molecule has 0 aliphatic carbocycles. The number of aliphatic hydroxyl groups is 1. The van der Waals surface area contributed by atoms with Gasteiger partial charge in [-0.2, -0.15) is 0 Å². The van der Waals surface area contributed by atoms with Crippen molar-refractivity contribution in [1.29, 1.82) is 0 Å². The van der Waals surface area contributed by atoms with E-state index in [1.165, 1.54) is 4.57 Å². The predicted octanol–water partition coefficient (Wildman–Crippen LogP) is 0.949. The molecule has 1 aliphatic heterocycles. The van der Waals surface area contributed by atoms with Crippen molar-refractivity contribution in [3.05, 3.63) is 64.3 Å². The normalized spacial score (nSPS) is 17.3. The quantitative estimate of drug-likeness (QED) is 0.882. The van der Waals surface area contributed by atoms with Crippen LogP contribution < -0.4 is 10.9 Å². The van der Waals surface area contributed by atoms with Crippen molar-refractivity contribution < 1.29 is 5.11 Å². The standard InChI is InChI=1S/C17H21N3O2/c21-16-11-15(10-14-4-2-1-3-5-14)19-13-20(16)12-17(22)6-8-18-9-7-17/h1-5,11,13,18,22H,6-10,12H2. The Hall–Kier alpha value is -1.98. The first kappa shape index (κ1) is 14.9. The van der Waals surface area contributed by atoms with E-state index in [-0.39, 0.29) is 5.56 Å². The number of aromatic nitrogens is 2. The van der Waals surface area contributed by atoms with E-state index in [2.05, 4.69) is 10.3 Å². The minimum atomic E-state index is -0.808. The first-order valence-electron chi connectivity index (χ1n) is 7.67. The van der Waals surface area contributed by atoms with Gasteiger partial charge in [-0.25, -0.2) is 4.98 Å². The molecule has 0 saturated carbocycles.